The van der Waals surface area contributed by atoms with Crippen molar-refractivity contribution in [3.05, 3.63) is 24.3 Å². The van der Waals surface area contributed by atoms with E-state index in [-0.39, 0.29) is 12.4 Å². The molecule has 0 atom stereocenters. The molecule has 0 fully saturated rings. The third-order valence-corrected chi connectivity index (χ3v) is 2.09. The highest BCUT2D eigenvalue weighted by Crippen LogP contribution is 2.17. The lowest BCUT2D eigenvalue weighted by atomic mass is 10.3. The van der Waals surface area contributed by atoms with E-state index < -0.39 is 0 Å². The second-order valence-corrected chi connectivity index (χ2v) is 3.34. The Kier molecular flexibility index (Phi) is 5.16. The van der Waals surface area contributed by atoms with E-state index in [0.717, 1.165) is 11.4 Å². The van der Waals surface area contributed by atoms with Crippen LogP contribution in [-0.4, -0.2) is 5.75 Å². The molecule has 0 aliphatic heterocycles. The molecule has 0 saturated heterocycles. The monoisotopic (exact) mass is 189 g/mol. The van der Waals surface area contributed by atoms with Gasteiger partial charge in [-0.2, -0.15) is 0 Å². The van der Waals surface area contributed by atoms with Crippen LogP contribution in [0, 0.1) is 0 Å². The minimum absolute atomic E-state index is 0. The van der Waals surface area contributed by atoms with E-state index in [9.17, 15) is 0 Å². The topological polar surface area (TPSA) is 26.0 Å². The maximum atomic E-state index is 5.51. The summed E-state index contributed by atoms with van der Waals surface area (Å²) >= 11 is 1.83. The third-order valence-electron chi connectivity index (χ3n) is 1.19. The second-order valence-electron chi connectivity index (χ2n) is 2.00. The Bertz CT molecular complexity index is 198. The number of benzene rings is 1. The molecule has 2 N–H and O–H groups in total. The largest absolute Gasteiger partial charge is 0.399 e. The summed E-state index contributed by atoms with van der Waals surface area (Å²) in [6, 6.07) is 7.95. The van der Waals surface area contributed by atoms with Crippen molar-refractivity contribution in [1.82, 2.24) is 0 Å². The average Bonchev–Trinajstić information content (AvgIpc) is 1.95. The normalized spacial score (nSPS) is 8.82. The molecule has 1 rings (SSSR count). The van der Waals surface area contributed by atoms with E-state index in [1.807, 2.05) is 36.0 Å². The summed E-state index contributed by atoms with van der Waals surface area (Å²) in [5, 5.41) is 0. The maximum absolute atomic E-state index is 5.51. The van der Waals surface area contributed by atoms with Crippen LogP contribution in [0.4, 0.5) is 5.69 Å². The summed E-state index contributed by atoms with van der Waals surface area (Å²) in [5.41, 5.74) is 6.35. The number of rotatable bonds is 2. The van der Waals surface area contributed by atoms with Crippen molar-refractivity contribution >= 4 is 29.9 Å². The molecule has 0 aliphatic rings. The van der Waals surface area contributed by atoms with Gasteiger partial charge in [0.2, 0.25) is 0 Å². The van der Waals surface area contributed by atoms with Gasteiger partial charge in [0.25, 0.3) is 0 Å². The molecule has 1 aromatic carbocycles. The number of halogens is 1. The first-order valence-electron chi connectivity index (χ1n) is 3.31. The van der Waals surface area contributed by atoms with Crippen LogP contribution in [0.2, 0.25) is 0 Å². The van der Waals surface area contributed by atoms with Crippen LogP contribution in [-0.2, 0) is 0 Å². The van der Waals surface area contributed by atoms with Crippen LogP contribution in [0.25, 0.3) is 0 Å². The number of nitrogen functional groups attached to an aromatic ring is 1. The first-order valence-corrected chi connectivity index (χ1v) is 4.30. The van der Waals surface area contributed by atoms with E-state index in [1.54, 1.807) is 0 Å². The Morgan fingerprint density at radius 1 is 1.27 bits per heavy atom. The number of thioether (sulfide) groups is 1. The zero-order valence-corrected chi connectivity index (χ0v) is 8.04. The van der Waals surface area contributed by atoms with Gasteiger partial charge in [-0.3, -0.25) is 0 Å². The second kappa shape index (κ2) is 5.33. The van der Waals surface area contributed by atoms with Gasteiger partial charge in [-0.05, 0) is 30.0 Å². The van der Waals surface area contributed by atoms with Crippen LogP contribution < -0.4 is 5.73 Å². The fourth-order valence-corrected chi connectivity index (χ4v) is 1.39. The molecule has 0 radical (unpaired) electrons. The summed E-state index contributed by atoms with van der Waals surface area (Å²) in [6.07, 6.45) is 0. The summed E-state index contributed by atoms with van der Waals surface area (Å²) in [5.74, 6) is 1.11. The first kappa shape index (κ1) is 10.7. The molecular weight excluding hydrogens is 178 g/mol. The van der Waals surface area contributed by atoms with Crippen molar-refractivity contribution < 1.29 is 0 Å². The van der Waals surface area contributed by atoms with Crippen LogP contribution in [0.3, 0.4) is 0 Å². The van der Waals surface area contributed by atoms with Gasteiger partial charge in [-0.1, -0.05) is 6.92 Å². The lowest BCUT2D eigenvalue weighted by Gasteiger charge is -1.96. The predicted octanol–water partition coefficient (Wildman–Crippen LogP) is 2.80. The molecule has 0 bridgehead atoms. The van der Waals surface area contributed by atoms with Crippen LogP contribution >= 0.6 is 24.2 Å². The Labute approximate surface area is 77.8 Å². The molecule has 0 saturated carbocycles. The van der Waals surface area contributed by atoms with Crippen molar-refractivity contribution in [2.45, 2.75) is 11.8 Å². The lowest BCUT2D eigenvalue weighted by Crippen LogP contribution is -1.82. The summed E-state index contributed by atoms with van der Waals surface area (Å²) in [7, 11) is 0. The number of hydrogen-bond acceptors (Lipinski definition) is 2. The minimum atomic E-state index is 0. The van der Waals surface area contributed by atoms with E-state index in [4.69, 9.17) is 5.73 Å². The molecule has 3 heteroatoms. The van der Waals surface area contributed by atoms with Crippen LogP contribution in [0.5, 0.6) is 0 Å². The van der Waals surface area contributed by atoms with Gasteiger partial charge in [-0.25, -0.2) is 0 Å². The Hall–Kier alpha value is -0.340. The molecular formula is C8H12ClNS. The first-order chi connectivity index (χ1) is 4.83. The van der Waals surface area contributed by atoms with Crippen molar-refractivity contribution in [3.8, 4) is 0 Å². The zero-order chi connectivity index (χ0) is 7.40. The number of hydrogen-bond donors (Lipinski definition) is 1. The van der Waals surface area contributed by atoms with Gasteiger partial charge < -0.3 is 5.73 Å². The van der Waals surface area contributed by atoms with Gasteiger partial charge in [0.15, 0.2) is 0 Å². The van der Waals surface area contributed by atoms with E-state index in [0.29, 0.717) is 0 Å². The van der Waals surface area contributed by atoms with Gasteiger partial charge in [0.1, 0.15) is 0 Å². The van der Waals surface area contributed by atoms with Gasteiger partial charge in [0.05, 0.1) is 0 Å². The smallest absolute Gasteiger partial charge is 0.0314 e. The van der Waals surface area contributed by atoms with Crippen LogP contribution in [0.15, 0.2) is 29.2 Å². The molecule has 0 unspecified atom stereocenters. The SMILES string of the molecule is CCSc1ccc(N)cc1.Cl. The molecule has 0 aromatic heterocycles. The number of nitrogens with two attached hydrogens (primary N) is 1. The highest BCUT2D eigenvalue weighted by atomic mass is 35.5. The van der Waals surface area contributed by atoms with E-state index >= 15 is 0 Å². The highest BCUT2D eigenvalue weighted by Gasteiger charge is 1.88. The van der Waals surface area contributed by atoms with Crippen molar-refractivity contribution in [2.24, 2.45) is 0 Å². The minimum Gasteiger partial charge on any atom is -0.399 e. The Morgan fingerprint density at radius 3 is 2.27 bits per heavy atom. The fourth-order valence-electron chi connectivity index (χ4n) is 0.731. The average molecular weight is 190 g/mol. The zero-order valence-electron chi connectivity index (χ0n) is 6.41. The van der Waals surface area contributed by atoms with Crippen LogP contribution in [0.1, 0.15) is 6.92 Å². The Balaban J connectivity index is 0.000001000. The predicted molar refractivity (Wildman–Crippen MR) is 54.5 cm³/mol. The molecule has 1 aromatic rings. The van der Waals surface area contributed by atoms with Gasteiger partial charge in [-0.15, -0.1) is 24.2 Å². The molecule has 11 heavy (non-hydrogen) atoms. The summed E-state index contributed by atoms with van der Waals surface area (Å²) in [4.78, 5) is 1.29. The van der Waals surface area contributed by atoms with Crippen molar-refractivity contribution in [3.63, 3.8) is 0 Å². The van der Waals surface area contributed by atoms with E-state index in [1.165, 1.54) is 4.90 Å². The van der Waals surface area contributed by atoms with E-state index in [2.05, 4.69) is 6.92 Å². The highest BCUT2D eigenvalue weighted by molar-refractivity contribution is 7.99. The van der Waals surface area contributed by atoms with Gasteiger partial charge in [0, 0.05) is 10.6 Å². The maximum Gasteiger partial charge on any atom is 0.0314 e. The quantitative estimate of drug-likeness (QED) is 0.572. The molecule has 0 amide bonds. The third kappa shape index (κ3) is 3.54. The standard InChI is InChI=1S/C8H11NS.ClH/c1-2-10-8-5-3-7(9)4-6-8;/h3-6H,2,9H2,1H3;1H. The molecule has 62 valence electrons. The van der Waals surface area contributed by atoms with Crippen molar-refractivity contribution in [2.75, 3.05) is 11.5 Å². The molecule has 0 aliphatic carbocycles. The summed E-state index contributed by atoms with van der Waals surface area (Å²) in [6.45, 7) is 2.14. The molecule has 1 nitrogen and oxygen atoms in total. The lowest BCUT2D eigenvalue weighted by molar-refractivity contribution is 1.43. The summed E-state index contributed by atoms with van der Waals surface area (Å²) < 4.78 is 0. The fraction of sp³-hybridized carbons (Fsp3) is 0.250. The number of anilines is 1. The molecule has 0 heterocycles. The Morgan fingerprint density at radius 2 is 1.82 bits per heavy atom. The van der Waals surface area contributed by atoms with Gasteiger partial charge >= 0.3 is 0 Å². The molecule has 0 spiro atoms. The van der Waals surface area contributed by atoms with Crippen molar-refractivity contribution in [1.29, 1.82) is 0 Å².